The van der Waals surface area contributed by atoms with Gasteiger partial charge in [0.1, 0.15) is 17.2 Å². The largest absolute Gasteiger partial charge is 0.444 e. The van der Waals surface area contributed by atoms with Crippen LogP contribution in [-0.4, -0.2) is 11.7 Å². The van der Waals surface area contributed by atoms with Crippen molar-refractivity contribution in [1.29, 1.82) is 5.26 Å². The summed E-state index contributed by atoms with van der Waals surface area (Å²) in [7, 11) is 0. The van der Waals surface area contributed by atoms with E-state index in [0.29, 0.717) is 20.1 Å². The Balaban J connectivity index is 0.000000309. The number of halogens is 4. The van der Waals surface area contributed by atoms with E-state index in [-0.39, 0.29) is 12.4 Å². The second-order valence-corrected chi connectivity index (χ2v) is 8.23. The van der Waals surface area contributed by atoms with Gasteiger partial charge in [-0.1, -0.05) is 31.9 Å². The Morgan fingerprint density at radius 3 is 2.11 bits per heavy atom. The van der Waals surface area contributed by atoms with Gasteiger partial charge in [-0.15, -0.1) is 0 Å². The molecule has 0 radical (unpaired) electrons. The summed E-state index contributed by atoms with van der Waals surface area (Å²) in [5.41, 5.74) is 0.460. The van der Waals surface area contributed by atoms with Gasteiger partial charge >= 0.3 is 6.09 Å². The summed E-state index contributed by atoms with van der Waals surface area (Å²) in [6, 6.07) is 10.3. The van der Waals surface area contributed by atoms with Gasteiger partial charge in [-0.05, 0) is 62.7 Å². The smallest absolute Gasteiger partial charge is 0.407 e. The third kappa shape index (κ3) is 10.1. The first-order valence-corrected chi connectivity index (χ1v) is 9.35. The Hall–Kier alpha value is -1.98. The maximum atomic E-state index is 13.0. The highest BCUT2D eigenvalue weighted by Gasteiger charge is 2.15. The molecule has 0 aromatic heterocycles. The Labute approximate surface area is 173 Å². The molecule has 0 fully saturated rings. The van der Waals surface area contributed by atoms with E-state index in [0.717, 1.165) is 0 Å². The maximum Gasteiger partial charge on any atom is 0.407 e. The molecule has 0 saturated carbocycles. The van der Waals surface area contributed by atoms with Gasteiger partial charge in [0.15, 0.2) is 0 Å². The molecule has 2 rings (SSSR count). The van der Waals surface area contributed by atoms with E-state index >= 15 is 0 Å². The number of carbonyl (C=O) groups is 1. The van der Waals surface area contributed by atoms with Crippen LogP contribution in [0.3, 0.4) is 0 Å². The number of nitrogens with one attached hydrogen (secondary N) is 1. The van der Waals surface area contributed by atoms with E-state index in [1.807, 2.05) is 6.07 Å². The molecule has 1 N–H and O–H groups in total. The zero-order valence-corrected chi connectivity index (χ0v) is 18.1. The fraction of sp³-hybridized carbons (Fsp3) is 0.263. The van der Waals surface area contributed by atoms with Crippen molar-refractivity contribution in [2.75, 3.05) is 0 Å². The summed E-state index contributed by atoms with van der Waals surface area (Å²) < 4.78 is 31.8. The molecule has 1 amide bonds. The normalized spacial score (nSPS) is 10.3. The van der Waals surface area contributed by atoms with Crippen LogP contribution in [0.15, 0.2) is 45.3 Å². The average molecular weight is 504 g/mol. The molecule has 0 atom stereocenters. The number of amides is 1. The van der Waals surface area contributed by atoms with Crippen molar-refractivity contribution in [1.82, 2.24) is 5.32 Å². The number of ether oxygens (including phenoxy) is 1. The lowest BCUT2D eigenvalue weighted by atomic mass is 10.2. The lowest BCUT2D eigenvalue weighted by Crippen LogP contribution is -2.32. The van der Waals surface area contributed by atoms with Crippen LogP contribution < -0.4 is 5.32 Å². The second kappa shape index (κ2) is 10.4. The van der Waals surface area contributed by atoms with Crippen molar-refractivity contribution in [3.63, 3.8) is 0 Å². The molecule has 0 aliphatic rings. The van der Waals surface area contributed by atoms with Gasteiger partial charge in [-0.3, -0.25) is 0 Å². The van der Waals surface area contributed by atoms with Crippen LogP contribution in [0.4, 0.5) is 13.6 Å². The molecule has 0 unspecified atom stereocenters. The number of hydrogen-bond acceptors (Lipinski definition) is 3. The van der Waals surface area contributed by atoms with Crippen LogP contribution in [0, 0.1) is 23.0 Å². The average Bonchev–Trinajstić information content (AvgIpc) is 2.50. The zero-order chi connectivity index (χ0) is 20.6. The van der Waals surface area contributed by atoms with Gasteiger partial charge in [0, 0.05) is 15.5 Å². The maximum absolute atomic E-state index is 13.0. The van der Waals surface area contributed by atoms with Crippen LogP contribution in [0.25, 0.3) is 0 Å². The standard InChI is InChI=1S/C12H15BrFNO2.C7H3BrFN/c1-12(2,3)17-11(16)15-7-8-4-9(13)6-10(14)5-8;8-6-1-5(4-10)2-7(9)3-6/h4-6H,7H2,1-3H3,(H,15,16);1-3H. The number of nitrogens with zero attached hydrogens (tertiary/aromatic N) is 1. The first-order chi connectivity index (χ1) is 12.5. The highest BCUT2D eigenvalue weighted by atomic mass is 79.9. The second-order valence-electron chi connectivity index (χ2n) is 6.40. The molecule has 4 nitrogen and oxygen atoms in total. The number of rotatable bonds is 2. The molecule has 27 heavy (non-hydrogen) atoms. The summed E-state index contributed by atoms with van der Waals surface area (Å²) in [6.07, 6.45) is -0.516. The van der Waals surface area contributed by atoms with E-state index in [4.69, 9.17) is 10.00 Å². The summed E-state index contributed by atoms with van der Waals surface area (Å²) in [4.78, 5) is 11.4. The van der Waals surface area contributed by atoms with Crippen LogP contribution >= 0.6 is 31.9 Å². The fourth-order valence-electron chi connectivity index (χ4n) is 1.82. The van der Waals surface area contributed by atoms with Gasteiger partial charge in [0.05, 0.1) is 11.6 Å². The van der Waals surface area contributed by atoms with Crippen LogP contribution in [-0.2, 0) is 11.3 Å². The van der Waals surface area contributed by atoms with Gasteiger partial charge in [0.2, 0.25) is 0 Å². The highest BCUT2D eigenvalue weighted by Crippen LogP contribution is 2.15. The molecule has 0 saturated heterocycles. The molecule has 0 bridgehead atoms. The van der Waals surface area contributed by atoms with Crippen molar-refractivity contribution >= 4 is 38.0 Å². The van der Waals surface area contributed by atoms with Crippen LogP contribution in [0.5, 0.6) is 0 Å². The lowest BCUT2D eigenvalue weighted by Gasteiger charge is -2.19. The van der Waals surface area contributed by atoms with Crippen molar-refractivity contribution < 1.29 is 18.3 Å². The molecule has 144 valence electrons. The van der Waals surface area contributed by atoms with Crippen molar-refractivity contribution in [3.05, 3.63) is 68.1 Å². The topological polar surface area (TPSA) is 62.1 Å². The van der Waals surface area contributed by atoms with E-state index in [1.165, 1.54) is 24.3 Å². The molecule has 0 spiro atoms. The fourth-order valence-corrected chi connectivity index (χ4v) is 2.80. The summed E-state index contributed by atoms with van der Waals surface area (Å²) in [5.74, 6) is -0.744. The molecular weight excluding hydrogens is 486 g/mol. The minimum Gasteiger partial charge on any atom is -0.444 e. The summed E-state index contributed by atoms with van der Waals surface area (Å²) >= 11 is 6.25. The lowest BCUT2D eigenvalue weighted by molar-refractivity contribution is 0.0523. The summed E-state index contributed by atoms with van der Waals surface area (Å²) in [6.45, 7) is 5.58. The van der Waals surface area contributed by atoms with Crippen LogP contribution in [0.1, 0.15) is 31.9 Å². The Morgan fingerprint density at radius 2 is 1.63 bits per heavy atom. The van der Waals surface area contributed by atoms with Gasteiger partial charge in [0.25, 0.3) is 0 Å². The molecule has 2 aromatic rings. The first kappa shape index (κ1) is 23.1. The Bertz CT molecular complexity index is 806. The third-order valence-corrected chi connectivity index (χ3v) is 3.67. The minimum absolute atomic E-state index is 0.227. The molecule has 0 heterocycles. The Kier molecular flexibility index (Phi) is 8.86. The minimum atomic E-state index is -0.535. The number of alkyl carbamates (subject to hydrolysis) is 1. The monoisotopic (exact) mass is 502 g/mol. The van der Waals surface area contributed by atoms with Crippen molar-refractivity contribution in [3.8, 4) is 6.07 Å². The molecule has 2 aromatic carbocycles. The van der Waals surface area contributed by atoms with Gasteiger partial charge in [-0.25, -0.2) is 13.6 Å². The molecule has 0 aliphatic heterocycles. The van der Waals surface area contributed by atoms with Crippen molar-refractivity contribution in [2.45, 2.75) is 32.9 Å². The molecular formula is C19H18Br2F2N2O2. The third-order valence-electron chi connectivity index (χ3n) is 2.75. The van der Waals surface area contributed by atoms with E-state index < -0.39 is 17.5 Å². The first-order valence-electron chi connectivity index (χ1n) is 7.76. The molecule has 0 aliphatic carbocycles. The van der Waals surface area contributed by atoms with Gasteiger partial charge < -0.3 is 10.1 Å². The Morgan fingerprint density at radius 1 is 1.07 bits per heavy atom. The van der Waals surface area contributed by atoms with Gasteiger partial charge in [-0.2, -0.15) is 5.26 Å². The van der Waals surface area contributed by atoms with E-state index in [2.05, 4.69) is 37.2 Å². The quantitative estimate of drug-likeness (QED) is 0.540. The number of carbonyl (C=O) groups excluding carboxylic acids is 1. The number of benzene rings is 2. The van der Waals surface area contributed by atoms with E-state index in [9.17, 15) is 13.6 Å². The highest BCUT2D eigenvalue weighted by molar-refractivity contribution is 9.10. The SMILES string of the molecule is CC(C)(C)OC(=O)NCc1cc(F)cc(Br)c1.N#Cc1cc(F)cc(Br)c1. The van der Waals surface area contributed by atoms with E-state index in [1.54, 1.807) is 32.9 Å². The molecule has 8 heteroatoms. The summed E-state index contributed by atoms with van der Waals surface area (Å²) in [5, 5.41) is 10.9. The zero-order valence-electron chi connectivity index (χ0n) is 14.9. The van der Waals surface area contributed by atoms with Crippen LogP contribution in [0.2, 0.25) is 0 Å². The van der Waals surface area contributed by atoms with Crippen molar-refractivity contribution in [2.24, 2.45) is 0 Å². The number of hydrogen-bond donors (Lipinski definition) is 1. The predicted molar refractivity (Wildman–Crippen MR) is 106 cm³/mol. The predicted octanol–water partition coefficient (Wildman–Crippen LogP) is 6.07. The number of nitriles is 1.